The van der Waals surface area contributed by atoms with Crippen molar-refractivity contribution >= 4 is 56.9 Å². The second kappa shape index (κ2) is 15.2. The number of nitrogens with one attached hydrogen (secondary N) is 5. The van der Waals surface area contributed by atoms with Gasteiger partial charge in [0.1, 0.15) is 5.54 Å². The molecular formula is C35H38ClF5N8O6S. The standard InChI is InChI=1S/C35H38ClF5N8O6S/c1-19(2)56(53,54)49-28(52)33(16-24(33)25-17-34(25,37)38)47-26(50)4-3-15-42-27(51)20-5-11-23(12-6-20)43-29-44-30(46-31(45-29)55-18-35(39,40)41)48-32(13-14-32)21-7-9-22(36)10-8-21/h5-12,19,24-25H,3-4,13-18H2,1-2H3,(H,42,51)(H,47,50)(H,49,52)(H2,43,44,45,46,48)/t24-,25?,33+/m0/s1. The van der Waals surface area contributed by atoms with Crippen molar-refractivity contribution in [1.82, 2.24) is 30.3 Å². The molecule has 3 aromatic rings. The molecule has 14 nitrogen and oxygen atoms in total. The van der Waals surface area contributed by atoms with Crippen LogP contribution in [0.3, 0.4) is 0 Å². The van der Waals surface area contributed by atoms with Gasteiger partial charge >= 0.3 is 12.2 Å². The van der Waals surface area contributed by atoms with Crippen molar-refractivity contribution in [3.8, 4) is 6.01 Å². The molecule has 0 bridgehead atoms. The van der Waals surface area contributed by atoms with Crippen molar-refractivity contribution in [3.05, 3.63) is 64.7 Å². The smallest absolute Gasteiger partial charge is 0.422 e. The molecule has 0 radical (unpaired) electrons. The number of anilines is 3. The summed E-state index contributed by atoms with van der Waals surface area (Å²) in [6.07, 6.45) is -3.89. The first-order valence-electron chi connectivity index (χ1n) is 17.6. The summed E-state index contributed by atoms with van der Waals surface area (Å²) in [6, 6.07) is 12.5. The number of sulfonamides is 1. The van der Waals surface area contributed by atoms with Gasteiger partial charge in [0.25, 0.3) is 17.7 Å². The van der Waals surface area contributed by atoms with Gasteiger partial charge in [-0.2, -0.15) is 28.1 Å². The molecule has 3 saturated carbocycles. The van der Waals surface area contributed by atoms with Gasteiger partial charge in [0.05, 0.1) is 10.8 Å². The molecule has 3 aliphatic rings. The van der Waals surface area contributed by atoms with Crippen molar-refractivity contribution in [2.24, 2.45) is 11.8 Å². The summed E-state index contributed by atoms with van der Waals surface area (Å²) in [5, 5.41) is 10.7. The summed E-state index contributed by atoms with van der Waals surface area (Å²) < 4.78 is 97.8. The molecule has 56 heavy (non-hydrogen) atoms. The Bertz CT molecular complexity index is 2090. The maximum atomic E-state index is 13.8. The Morgan fingerprint density at radius 3 is 2.18 bits per heavy atom. The Hall–Kier alpha value is -4.85. The van der Waals surface area contributed by atoms with Crippen LogP contribution in [0.2, 0.25) is 5.02 Å². The molecule has 3 fully saturated rings. The quantitative estimate of drug-likeness (QED) is 0.0887. The lowest BCUT2D eigenvalue weighted by molar-refractivity contribution is -0.154. The molecule has 1 aromatic heterocycles. The molecule has 0 spiro atoms. The van der Waals surface area contributed by atoms with Gasteiger partial charge in [-0.1, -0.05) is 23.7 Å². The number of ether oxygens (including phenoxy) is 1. The van der Waals surface area contributed by atoms with E-state index < -0.39 is 87.0 Å². The van der Waals surface area contributed by atoms with Crippen LogP contribution in [-0.4, -0.2) is 77.1 Å². The van der Waals surface area contributed by atoms with Crippen LogP contribution >= 0.6 is 11.6 Å². The van der Waals surface area contributed by atoms with Gasteiger partial charge in [0.15, 0.2) is 6.61 Å². The van der Waals surface area contributed by atoms with Crippen LogP contribution in [0.5, 0.6) is 6.01 Å². The molecular weight excluding hydrogens is 791 g/mol. The van der Waals surface area contributed by atoms with E-state index in [0.717, 1.165) is 5.56 Å². The molecule has 1 unspecified atom stereocenters. The van der Waals surface area contributed by atoms with Crippen LogP contribution < -0.4 is 30.7 Å². The lowest BCUT2D eigenvalue weighted by Crippen LogP contribution is -2.53. The van der Waals surface area contributed by atoms with E-state index >= 15 is 0 Å². The molecule has 6 rings (SSSR count). The second-order valence-corrected chi connectivity index (χ2v) is 17.0. The minimum Gasteiger partial charge on any atom is -0.454 e. The number of alkyl halides is 5. The predicted octanol–water partition coefficient (Wildman–Crippen LogP) is 5.21. The maximum absolute atomic E-state index is 13.8. The highest BCUT2D eigenvalue weighted by Gasteiger charge is 2.74. The number of rotatable bonds is 17. The Balaban J connectivity index is 1.02. The number of carbonyl (C=O) groups excluding carboxylic acids is 3. The van der Waals surface area contributed by atoms with Crippen molar-refractivity contribution in [3.63, 3.8) is 0 Å². The molecule has 3 aliphatic carbocycles. The van der Waals surface area contributed by atoms with Crippen LogP contribution in [0.15, 0.2) is 48.5 Å². The fourth-order valence-corrected chi connectivity index (χ4v) is 7.02. The molecule has 302 valence electrons. The predicted molar refractivity (Wildman–Crippen MR) is 193 cm³/mol. The van der Waals surface area contributed by atoms with E-state index in [-0.39, 0.29) is 43.3 Å². The fourth-order valence-electron chi connectivity index (χ4n) is 6.22. The largest absolute Gasteiger partial charge is 0.454 e. The Morgan fingerprint density at radius 2 is 1.59 bits per heavy atom. The number of benzene rings is 2. The molecule has 3 amide bonds. The number of carbonyl (C=O) groups is 3. The van der Waals surface area contributed by atoms with Crippen molar-refractivity contribution in [1.29, 1.82) is 0 Å². The molecule has 5 N–H and O–H groups in total. The SMILES string of the molecule is CC(C)S(=O)(=O)NC(=O)[C@@]1(NC(=O)CCCNC(=O)c2ccc(Nc3nc(NC4(c5ccc(Cl)cc5)CC4)nc(OCC(F)(F)F)n3)cc2)C[C@H]1C1CC1(F)F. The van der Waals surface area contributed by atoms with Gasteiger partial charge in [-0.15, -0.1) is 0 Å². The summed E-state index contributed by atoms with van der Waals surface area (Å²) in [6.45, 7) is 1.09. The van der Waals surface area contributed by atoms with E-state index in [9.17, 15) is 44.8 Å². The minimum atomic E-state index is -4.64. The highest BCUT2D eigenvalue weighted by Crippen LogP contribution is 2.64. The number of aromatic nitrogens is 3. The highest BCUT2D eigenvalue weighted by molar-refractivity contribution is 7.90. The van der Waals surface area contributed by atoms with Crippen molar-refractivity contribution < 1.29 is 49.5 Å². The van der Waals surface area contributed by atoms with E-state index in [1.54, 1.807) is 12.1 Å². The third kappa shape index (κ3) is 9.74. The molecule has 0 saturated heterocycles. The van der Waals surface area contributed by atoms with Gasteiger partial charge in [-0.25, -0.2) is 17.2 Å². The van der Waals surface area contributed by atoms with E-state index in [4.69, 9.17) is 16.3 Å². The second-order valence-electron chi connectivity index (χ2n) is 14.4. The Labute approximate surface area is 323 Å². The zero-order chi connectivity index (χ0) is 40.7. The first kappa shape index (κ1) is 40.8. The summed E-state index contributed by atoms with van der Waals surface area (Å²) in [7, 11) is -4.08. The van der Waals surface area contributed by atoms with Crippen LogP contribution in [0.4, 0.5) is 39.5 Å². The number of nitrogens with zero attached hydrogens (tertiary/aromatic N) is 3. The van der Waals surface area contributed by atoms with Gasteiger partial charge in [0.2, 0.25) is 27.8 Å². The summed E-state index contributed by atoms with van der Waals surface area (Å²) in [4.78, 5) is 50.9. The van der Waals surface area contributed by atoms with E-state index in [1.807, 2.05) is 16.9 Å². The minimum absolute atomic E-state index is 0.0240. The summed E-state index contributed by atoms with van der Waals surface area (Å²) in [5.41, 5.74) is -0.846. The molecule has 1 heterocycles. The van der Waals surface area contributed by atoms with Crippen LogP contribution in [-0.2, 0) is 25.2 Å². The number of hydrogen-bond donors (Lipinski definition) is 5. The van der Waals surface area contributed by atoms with Gasteiger partial charge in [0, 0.05) is 47.5 Å². The molecule has 21 heteroatoms. The van der Waals surface area contributed by atoms with E-state index in [1.165, 1.54) is 38.1 Å². The number of hydrogen-bond acceptors (Lipinski definition) is 11. The summed E-state index contributed by atoms with van der Waals surface area (Å²) >= 11 is 6.02. The fraction of sp³-hybridized carbons (Fsp3) is 0.486. The van der Waals surface area contributed by atoms with E-state index in [0.29, 0.717) is 23.6 Å². The van der Waals surface area contributed by atoms with Crippen molar-refractivity contribution in [2.45, 2.75) is 80.8 Å². The topological polar surface area (TPSA) is 193 Å². The maximum Gasteiger partial charge on any atom is 0.422 e. The summed E-state index contributed by atoms with van der Waals surface area (Å²) in [5.74, 6) is -7.43. The molecule has 0 aliphatic heterocycles. The average molecular weight is 829 g/mol. The Morgan fingerprint density at radius 1 is 0.946 bits per heavy atom. The van der Waals surface area contributed by atoms with Gasteiger partial charge < -0.3 is 26.0 Å². The Kier molecular flexibility index (Phi) is 11.1. The normalized spacial score (nSPS) is 21.7. The zero-order valence-electron chi connectivity index (χ0n) is 30.0. The molecule has 3 atom stereocenters. The van der Waals surface area contributed by atoms with Crippen LogP contribution in [0, 0.1) is 11.8 Å². The van der Waals surface area contributed by atoms with Crippen LogP contribution in [0.1, 0.15) is 68.3 Å². The third-order valence-electron chi connectivity index (χ3n) is 9.75. The molecule has 2 aromatic carbocycles. The van der Waals surface area contributed by atoms with Gasteiger partial charge in [-0.05, 0) is 81.5 Å². The van der Waals surface area contributed by atoms with Gasteiger partial charge in [-0.3, -0.25) is 19.1 Å². The third-order valence-corrected chi connectivity index (χ3v) is 11.7. The first-order chi connectivity index (χ1) is 26.2. The number of halogens is 6. The van der Waals surface area contributed by atoms with E-state index in [2.05, 4.69) is 36.2 Å². The lowest BCUT2D eigenvalue weighted by Gasteiger charge is -2.20. The van der Waals surface area contributed by atoms with Crippen LogP contribution in [0.25, 0.3) is 0 Å². The zero-order valence-corrected chi connectivity index (χ0v) is 31.5. The monoisotopic (exact) mass is 828 g/mol. The first-order valence-corrected chi connectivity index (χ1v) is 19.5. The van der Waals surface area contributed by atoms with Crippen molar-refractivity contribution in [2.75, 3.05) is 23.8 Å². The lowest BCUT2D eigenvalue weighted by atomic mass is 10.1. The number of amides is 3. The highest BCUT2D eigenvalue weighted by atomic mass is 35.5. The average Bonchev–Trinajstić information content (AvgIpc) is 4.07.